The van der Waals surface area contributed by atoms with Crippen LogP contribution in [-0.4, -0.2) is 16.5 Å². The van der Waals surface area contributed by atoms with Crippen molar-refractivity contribution in [3.63, 3.8) is 0 Å². The van der Waals surface area contributed by atoms with Gasteiger partial charge in [-0.25, -0.2) is 4.39 Å². The van der Waals surface area contributed by atoms with Gasteiger partial charge in [0.1, 0.15) is 10.8 Å². The first-order valence-electron chi connectivity index (χ1n) is 5.90. The number of hydrogen-bond donors (Lipinski definition) is 1. The Hall–Kier alpha value is -2.01. The average molecular weight is 275 g/mol. The molecule has 0 aliphatic rings. The summed E-state index contributed by atoms with van der Waals surface area (Å²) >= 11 is 4.92. The number of nitrogens with zero attached hydrogens (tertiary/aromatic N) is 2. The van der Waals surface area contributed by atoms with E-state index in [4.69, 9.17) is 18.0 Å². The molecule has 0 aliphatic heterocycles. The smallest absolute Gasteiger partial charge is 0.125 e. The molecule has 19 heavy (non-hydrogen) atoms. The van der Waals surface area contributed by atoms with Crippen LogP contribution in [0, 0.1) is 5.82 Å². The highest BCUT2D eigenvalue weighted by Gasteiger charge is 2.09. The Kier molecular flexibility index (Phi) is 4.06. The van der Waals surface area contributed by atoms with Gasteiger partial charge >= 0.3 is 0 Å². The summed E-state index contributed by atoms with van der Waals surface area (Å²) in [6, 6.07) is 10.1. The minimum absolute atomic E-state index is 0.247. The second-order valence-electron chi connectivity index (χ2n) is 3.99. The van der Waals surface area contributed by atoms with Gasteiger partial charge in [-0.1, -0.05) is 18.3 Å². The third kappa shape index (κ3) is 3.06. The van der Waals surface area contributed by atoms with Gasteiger partial charge in [-0.05, 0) is 37.3 Å². The monoisotopic (exact) mass is 275 g/mol. The van der Waals surface area contributed by atoms with E-state index in [1.165, 1.54) is 12.1 Å². The van der Waals surface area contributed by atoms with E-state index in [9.17, 15) is 4.39 Å². The largest absolute Gasteiger partial charge is 0.388 e. The molecule has 0 atom stereocenters. The SMILES string of the molecule is CCN(c1cccc(F)c1)c1ccnc(C(N)=S)c1. The highest BCUT2D eigenvalue weighted by Crippen LogP contribution is 2.25. The number of aromatic nitrogens is 1. The zero-order valence-corrected chi connectivity index (χ0v) is 11.3. The van der Waals surface area contributed by atoms with Crippen molar-refractivity contribution in [1.82, 2.24) is 4.98 Å². The molecule has 98 valence electrons. The molecular weight excluding hydrogens is 261 g/mol. The maximum atomic E-state index is 13.3. The van der Waals surface area contributed by atoms with Crippen LogP contribution in [-0.2, 0) is 0 Å². The lowest BCUT2D eigenvalue weighted by Crippen LogP contribution is -2.18. The molecule has 0 unspecified atom stereocenters. The Morgan fingerprint density at radius 1 is 1.32 bits per heavy atom. The van der Waals surface area contributed by atoms with Crippen LogP contribution >= 0.6 is 12.2 Å². The number of nitrogens with two attached hydrogens (primary N) is 1. The first-order valence-corrected chi connectivity index (χ1v) is 6.31. The number of anilines is 2. The maximum absolute atomic E-state index is 13.3. The molecule has 3 nitrogen and oxygen atoms in total. The van der Waals surface area contributed by atoms with Crippen molar-refractivity contribution in [3.05, 3.63) is 54.1 Å². The lowest BCUT2D eigenvalue weighted by Gasteiger charge is -2.23. The molecule has 0 fully saturated rings. The molecule has 0 spiro atoms. The molecule has 1 aromatic carbocycles. The van der Waals surface area contributed by atoms with Gasteiger partial charge in [0, 0.05) is 24.1 Å². The van der Waals surface area contributed by atoms with Crippen molar-refractivity contribution in [1.29, 1.82) is 0 Å². The minimum atomic E-state index is -0.264. The number of hydrogen-bond acceptors (Lipinski definition) is 3. The van der Waals surface area contributed by atoms with Crippen LogP contribution < -0.4 is 10.6 Å². The fraction of sp³-hybridized carbons (Fsp3) is 0.143. The van der Waals surface area contributed by atoms with E-state index in [1.807, 2.05) is 24.0 Å². The number of pyridine rings is 1. The van der Waals surface area contributed by atoms with E-state index >= 15 is 0 Å². The number of thiocarbonyl (C=S) groups is 1. The van der Waals surface area contributed by atoms with Gasteiger partial charge in [-0.3, -0.25) is 4.98 Å². The third-order valence-electron chi connectivity index (χ3n) is 2.74. The molecule has 0 aliphatic carbocycles. The quantitative estimate of drug-likeness (QED) is 0.871. The van der Waals surface area contributed by atoms with Crippen molar-refractivity contribution in [2.45, 2.75) is 6.92 Å². The second kappa shape index (κ2) is 5.75. The van der Waals surface area contributed by atoms with Gasteiger partial charge in [0.15, 0.2) is 0 Å². The van der Waals surface area contributed by atoms with Crippen LogP contribution in [0.25, 0.3) is 0 Å². The topological polar surface area (TPSA) is 42.2 Å². The molecule has 0 amide bonds. The molecule has 5 heteroatoms. The Labute approximate surface area is 116 Å². The summed E-state index contributed by atoms with van der Waals surface area (Å²) in [5.74, 6) is -0.264. The summed E-state index contributed by atoms with van der Waals surface area (Å²) in [4.78, 5) is 6.31. The summed E-state index contributed by atoms with van der Waals surface area (Å²) in [6.07, 6.45) is 1.64. The van der Waals surface area contributed by atoms with Crippen LogP contribution in [0.1, 0.15) is 12.6 Å². The Morgan fingerprint density at radius 3 is 2.68 bits per heavy atom. The van der Waals surface area contributed by atoms with E-state index in [2.05, 4.69) is 4.98 Å². The van der Waals surface area contributed by atoms with E-state index in [0.29, 0.717) is 12.2 Å². The predicted octanol–water partition coefficient (Wildman–Crippen LogP) is 3.01. The molecular formula is C14H14FN3S. The van der Waals surface area contributed by atoms with Gasteiger partial charge < -0.3 is 10.6 Å². The zero-order valence-electron chi connectivity index (χ0n) is 10.5. The molecule has 1 aromatic heterocycles. The Bertz CT molecular complexity index is 601. The summed E-state index contributed by atoms with van der Waals surface area (Å²) in [5.41, 5.74) is 7.80. The van der Waals surface area contributed by atoms with Crippen molar-refractivity contribution in [2.24, 2.45) is 5.73 Å². The maximum Gasteiger partial charge on any atom is 0.125 e. The molecule has 0 saturated carbocycles. The van der Waals surface area contributed by atoms with Gasteiger partial charge in [0.25, 0.3) is 0 Å². The van der Waals surface area contributed by atoms with Crippen LogP contribution in [0.4, 0.5) is 15.8 Å². The molecule has 2 N–H and O–H groups in total. The summed E-state index contributed by atoms with van der Waals surface area (Å²) in [6.45, 7) is 2.69. The zero-order chi connectivity index (χ0) is 13.8. The average Bonchev–Trinajstić information content (AvgIpc) is 2.40. The minimum Gasteiger partial charge on any atom is -0.388 e. The second-order valence-corrected chi connectivity index (χ2v) is 4.43. The predicted molar refractivity (Wildman–Crippen MR) is 79.2 cm³/mol. The van der Waals surface area contributed by atoms with Crippen LogP contribution in [0.15, 0.2) is 42.6 Å². The summed E-state index contributed by atoms with van der Waals surface area (Å²) < 4.78 is 13.3. The molecule has 0 saturated heterocycles. The van der Waals surface area contributed by atoms with Gasteiger partial charge in [0.2, 0.25) is 0 Å². The van der Waals surface area contributed by atoms with Crippen molar-refractivity contribution in [3.8, 4) is 0 Å². The third-order valence-corrected chi connectivity index (χ3v) is 2.95. The van der Waals surface area contributed by atoms with Crippen molar-refractivity contribution >= 4 is 28.6 Å². The highest BCUT2D eigenvalue weighted by atomic mass is 32.1. The van der Waals surface area contributed by atoms with Crippen LogP contribution in [0.3, 0.4) is 0 Å². The fourth-order valence-electron chi connectivity index (χ4n) is 1.88. The van der Waals surface area contributed by atoms with Crippen molar-refractivity contribution in [2.75, 3.05) is 11.4 Å². The first kappa shape index (κ1) is 13.4. The van der Waals surface area contributed by atoms with Crippen molar-refractivity contribution < 1.29 is 4.39 Å². The van der Waals surface area contributed by atoms with Gasteiger partial charge in [0.05, 0.1) is 5.69 Å². The normalized spacial score (nSPS) is 10.2. The highest BCUT2D eigenvalue weighted by molar-refractivity contribution is 7.80. The van der Waals surface area contributed by atoms with Crippen LogP contribution in [0.5, 0.6) is 0 Å². The summed E-state index contributed by atoms with van der Waals surface area (Å²) in [5, 5.41) is 0. The molecule has 2 aromatic rings. The fourth-order valence-corrected chi connectivity index (χ4v) is 1.99. The summed E-state index contributed by atoms with van der Waals surface area (Å²) in [7, 11) is 0. The molecule has 0 radical (unpaired) electrons. The number of rotatable bonds is 4. The van der Waals surface area contributed by atoms with E-state index in [-0.39, 0.29) is 10.8 Å². The molecule has 2 rings (SSSR count). The van der Waals surface area contributed by atoms with E-state index in [1.54, 1.807) is 18.3 Å². The number of halogens is 1. The lowest BCUT2D eigenvalue weighted by molar-refractivity contribution is 0.627. The van der Waals surface area contributed by atoms with Gasteiger partial charge in [-0.15, -0.1) is 0 Å². The first-order chi connectivity index (χ1) is 9.11. The Morgan fingerprint density at radius 2 is 2.05 bits per heavy atom. The standard InChI is InChI=1S/C14H14FN3S/c1-2-18(11-5-3-4-10(15)8-11)12-6-7-17-13(9-12)14(16)19/h3-9H,2H2,1H3,(H2,16,19). The van der Waals surface area contributed by atoms with Crippen LogP contribution in [0.2, 0.25) is 0 Å². The van der Waals surface area contributed by atoms with E-state index in [0.717, 1.165) is 11.4 Å². The van der Waals surface area contributed by atoms with Gasteiger partial charge in [-0.2, -0.15) is 0 Å². The number of benzene rings is 1. The molecule has 1 heterocycles. The molecule has 0 bridgehead atoms. The Balaban J connectivity index is 2.42. The lowest BCUT2D eigenvalue weighted by atomic mass is 10.2. The van der Waals surface area contributed by atoms with E-state index < -0.39 is 0 Å².